The third-order valence-corrected chi connectivity index (χ3v) is 4.22. The Bertz CT molecular complexity index is 1040. The van der Waals surface area contributed by atoms with Crippen LogP contribution in [0.2, 0.25) is 0 Å². The van der Waals surface area contributed by atoms with Crippen molar-refractivity contribution < 1.29 is 19.4 Å². The molecule has 0 amide bonds. The number of methoxy groups -OCH3 is 1. The first-order chi connectivity index (χ1) is 12.4. The molecule has 1 heterocycles. The third-order valence-electron chi connectivity index (χ3n) is 4.22. The third kappa shape index (κ3) is 3.16. The molecule has 2 N–H and O–H groups in total. The van der Waals surface area contributed by atoms with Crippen molar-refractivity contribution in [2.45, 2.75) is 20.3 Å². The average molecular weight is 352 g/mol. The van der Waals surface area contributed by atoms with Crippen LogP contribution < -0.4 is 10.2 Å². The van der Waals surface area contributed by atoms with Crippen LogP contribution in [-0.4, -0.2) is 17.3 Å². The molecule has 5 heteroatoms. The van der Waals surface area contributed by atoms with E-state index in [1.54, 1.807) is 31.4 Å². The van der Waals surface area contributed by atoms with Crippen LogP contribution in [0.15, 0.2) is 57.5 Å². The van der Waals surface area contributed by atoms with Crippen molar-refractivity contribution in [1.29, 1.82) is 0 Å². The number of hydrogen-bond acceptors (Lipinski definition) is 5. The van der Waals surface area contributed by atoms with Crippen LogP contribution in [0.1, 0.15) is 19.4 Å². The molecule has 0 spiro atoms. The quantitative estimate of drug-likeness (QED) is 0.681. The number of allylic oxidation sites excluding steroid dienone is 2. The summed E-state index contributed by atoms with van der Waals surface area (Å²) in [5, 5.41) is 20.5. The number of aromatic hydroxyl groups is 2. The molecule has 0 saturated carbocycles. The summed E-state index contributed by atoms with van der Waals surface area (Å²) < 4.78 is 10.8. The largest absolute Gasteiger partial charge is 0.507 e. The highest BCUT2D eigenvalue weighted by atomic mass is 16.5. The zero-order valence-electron chi connectivity index (χ0n) is 14.9. The smallest absolute Gasteiger partial charge is 0.204 e. The lowest BCUT2D eigenvalue weighted by molar-refractivity contribution is 0.415. The maximum atomic E-state index is 13.0. The van der Waals surface area contributed by atoms with Crippen molar-refractivity contribution in [3.63, 3.8) is 0 Å². The maximum Gasteiger partial charge on any atom is 0.204 e. The van der Waals surface area contributed by atoms with E-state index in [1.807, 2.05) is 19.9 Å². The van der Waals surface area contributed by atoms with Crippen LogP contribution in [0.25, 0.3) is 22.1 Å². The van der Waals surface area contributed by atoms with Gasteiger partial charge in [0.1, 0.15) is 34.5 Å². The van der Waals surface area contributed by atoms with Crippen molar-refractivity contribution in [3.05, 3.63) is 64.0 Å². The van der Waals surface area contributed by atoms with Gasteiger partial charge in [-0.2, -0.15) is 0 Å². The molecular weight excluding hydrogens is 332 g/mol. The van der Waals surface area contributed by atoms with E-state index in [4.69, 9.17) is 9.15 Å². The first-order valence-electron chi connectivity index (χ1n) is 8.19. The van der Waals surface area contributed by atoms with Gasteiger partial charge in [-0.3, -0.25) is 4.79 Å². The monoisotopic (exact) mass is 352 g/mol. The van der Waals surface area contributed by atoms with Gasteiger partial charge in [0.05, 0.1) is 12.7 Å². The van der Waals surface area contributed by atoms with Crippen LogP contribution in [0, 0.1) is 0 Å². The molecule has 2 aromatic carbocycles. The number of benzene rings is 2. The lowest BCUT2D eigenvalue weighted by Gasteiger charge is -2.10. The van der Waals surface area contributed by atoms with Crippen LogP contribution in [0.5, 0.6) is 17.2 Å². The number of ether oxygens (including phenoxy) is 1. The predicted molar refractivity (Wildman–Crippen MR) is 101 cm³/mol. The standard InChI is InChI=1S/C21H20O5/c1-12(2)4-9-15-17(22)10-18(23)19-20(24)16(11-26-21(15)19)13-5-7-14(25-3)8-6-13/h4-8,10-11,22-23H,9H2,1-3H3. The molecule has 3 rings (SSSR count). The zero-order valence-corrected chi connectivity index (χ0v) is 14.9. The van der Waals surface area contributed by atoms with Crippen molar-refractivity contribution in [2.75, 3.05) is 7.11 Å². The molecule has 0 bridgehead atoms. The number of fused-ring (bicyclic) bond motifs is 1. The summed E-state index contributed by atoms with van der Waals surface area (Å²) in [5.41, 5.74) is 2.36. The van der Waals surface area contributed by atoms with Crippen molar-refractivity contribution >= 4 is 11.0 Å². The molecular formula is C21H20O5. The molecule has 0 unspecified atom stereocenters. The van der Waals surface area contributed by atoms with Crippen molar-refractivity contribution in [2.24, 2.45) is 0 Å². The second-order valence-electron chi connectivity index (χ2n) is 6.29. The molecule has 0 atom stereocenters. The summed E-state index contributed by atoms with van der Waals surface area (Å²) in [7, 11) is 1.57. The van der Waals surface area contributed by atoms with Crippen LogP contribution >= 0.6 is 0 Å². The molecule has 0 radical (unpaired) electrons. The lowest BCUT2D eigenvalue weighted by atomic mass is 10.0. The normalized spacial score (nSPS) is 10.7. The van der Waals surface area contributed by atoms with Gasteiger partial charge in [-0.15, -0.1) is 0 Å². The van der Waals surface area contributed by atoms with Gasteiger partial charge >= 0.3 is 0 Å². The van der Waals surface area contributed by atoms with E-state index < -0.39 is 0 Å². The van der Waals surface area contributed by atoms with Gasteiger partial charge in [0, 0.05) is 11.6 Å². The van der Waals surface area contributed by atoms with Gasteiger partial charge in [0.25, 0.3) is 0 Å². The molecule has 1 aromatic heterocycles. The second kappa shape index (κ2) is 6.96. The first kappa shape index (κ1) is 17.6. The fourth-order valence-electron chi connectivity index (χ4n) is 2.80. The van der Waals surface area contributed by atoms with Gasteiger partial charge in [-0.1, -0.05) is 23.8 Å². The molecule has 0 aliphatic heterocycles. The Hall–Kier alpha value is -3.21. The predicted octanol–water partition coefficient (Wildman–Crippen LogP) is 4.39. The number of hydrogen-bond donors (Lipinski definition) is 2. The molecule has 0 saturated heterocycles. The highest BCUT2D eigenvalue weighted by Gasteiger charge is 2.18. The van der Waals surface area contributed by atoms with Gasteiger partial charge in [-0.25, -0.2) is 0 Å². The molecule has 5 nitrogen and oxygen atoms in total. The fourth-order valence-corrected chi connectivity index (χ4v) is 2.80. The SMILES string of the molecule is COc1ccc(-c2coc3c(CC=C(C)C)c(O)cc(O)c3c2=O)cc1. The van der Waals surface area contributed by atoms with Gasteiger partial charge in [0.15, 0.2) is 0 Å². The Kier molecular flexibility index (Phi) is 4.71. The van der Waals surface area contributed by atoms with Gasteiger partial charge < -0.3 is 19.4 Å². The van der Waals surface area contributed by atoms with Gasteiger partial charge in [-0.05, 0) is 38.0 Å². The molecule has 0 aliphatic rings. The summed E-state index contributed by atoms with van der Waals surface area (Å²) >= 11 is 0. The minimum absolute atomic E-state index is 0.0632. The Morgan fingerprint density at radius 2 is 1.85 bits per heavy atom. The van der Waals surface area contributed by atoms with Crippen molar-refractivity contribution in [3.8, 4) is 28.4 Å². The van der Waals surface area contributed by atoms with Crippen LogP contribution in [0.3, 0.4) is 0 Å². The summed E-state index contributed by atoms with van der Waals surface area (Å²) in [4.78, 5) is 13.0. The average Bonchev–Trinajstić information content (AvgIpc) is 2.61. The summed E-state index contributed by atoms with van der Waals surface area (Å²) in [6.07, 6.45) is 3.68. The second-order valence-corrected chi connectivity index (χ2v) is 6.29. The molecule has 0 fully saturated rings. The Morgan fingerprint density at radius 1 is 1.15 bits per heavy atom. The fraction of sp³-hybridized carbons (Fsp3) is 0.190. The van der Waals surface area contributed by atoms with Crippen LogP contribution in [-0.2, 0) is 6.42 Å². The number of phenols is 2. The maximum absolute atomic E-state index is 13.0. The Labute approximate surface area is 150 Å². The molecule has 0 aliphatic carbocycles. The highest BCUT2D eigenvalue weighted by molar-refractivity contribution is 5.90. The summed E-state index contributed by atoms with van der Waals surface area (Å²) in [6.45, 7) is 3.88. The van der Waals surface area contributed by atoms with E-state index in [0.717, 1.165) is 5.57 Å². The van der Waals surface area contributed by atoms with E-state index >= 15 is 0 Å². The summed E-state index contributed by atoms with van der Waals surface area (Å²) in [5.74, 6) is 0.270. The van der Waals surface area contributed by atoms with Crippen LogP contribution in [0.4, 0.5) is 0 Å². The molecule has 134 valence electrons. The van der Waals surface area contributed by atoms with E-state index in [9.17, 15) is 15.0 Å². The molecule has 3 aromatic rings. The zero-order chi connectivity index (χ0) is 18.8. The minimum atomic E-state index is -0.354. The van der Waals surface area contributed by atoms with E-state index in [1.165, 1.54) is 12.3 Å². The number of phenolic OH excluding ortho intramolecular Hbond substituents is 2. The molecule has 26 heavy (non-hydrogen) atoms. The minimum Gasteiger partial charge on any atom is -0.507 e. The highest BCUT2D eigenvalue weighted by Crippen LogP contribution is 2.35. The first-order valence-corrected chi connectivity index (χ1v) is 8.19. The number of rotatable bonds is 4. The Balaban J connectivity index is 2.23. The van der Waals surface area contributed by atoms with E-state index in [0.29, 0.717) is 28.9 Å². The topological polar surface area (TPSA) is 79.9 Å². The van der Waals surface area contributed by atoms with Crippen molar-refractivity contribution in [1.82, 2.24) is 0 Å². The lowest BCUT2D eigenvalue weighted by Crippen LogP contribution is -2.06. The van der Waals surface area contributed by atoms with E-state index in [-0.39, 0.29) is 27.9 Å². The van der Waals surface area contributed by atoms with Gasteiger partial charge in [0.2, 0.25) is 5.43 Å². The van der Waals surface area contributed by atoms with E-state index in [2.05, 4.69) is 0 Å². The Morgan fingerprint density at radius 3 is 2.46 bits per heavy atom. The summed E-state index contributed by atoms with van der Waals surface area (Å²) in [6, 6.07) is 8.17.